The number of nitrogens with zero attached hydrogens (tertiary/aromatic N) is 2. The maximum absolute atomic E-state index is 7.81. The van der Waals surface area contributed by atoms with E-state index in [9.17, 15) is 0 Å². The number of nitrogens with one attached hydrogen (secondary N) is 1. The predicted octanol–water partition coefficient (Wildman–Crippen LogP) is 5.22. The molecule has 2 heterocycles. The molecule has 4 rings (SSSR count). The van der Waals surface area contributed by atoms with Crippen molar-refractivity contribution in [2.75, 3.05) is 18.0 Å². The van der Waals surface area contributed by atoms with E-state index in [0.29, 0.717) is 5.92 Å². The van der Waals surface area contributed by atoms with Crippen molar-refractivity contribution in [3.8, 4) is 11.3 Å². The second kappa shape index (κ2) is 6.36. The molecule has 0 aliphatic carbocycles. The van der Waals surface area contributed by atoms with Crippen LogP contribution >= 0.6 is 11.3 Å². The van der Waals surface area contributed by atoms with Gasteiger partial charge < -0.3 is 10.3 Å². The number of aromatic nitrogens is 1. The van der Waals surface area contributed by atoms with Crippen LogP contribution in [-0.2, 0) is 0 Å². The van der Waals surface area contributed by atoms with Crippen molar-refractivity contribution in [3.05, 3.63) is 47.8 Å². The summed E-state index contributed by atoms with van der Waals surface area (Å²) >= 11 is 1.73. The summed E-state index contributed by atoms with van der Waals surface area (Å²) in [5, 5.41) is 13.6. The number of rotatable bonds is 3. The van der Waals surface area contributed by atoms with Crippen molar-refractivity contribution in [1.29, 1.82) is 5.41 Å². The van der Waals surface area contributed by atoms with Crippen LogP contribution in [-0.4, -0.2) is 23.8 Å². The molecule has 1 saturated heterocycles. The van der Waals surface area contributed by atoms with Crippen LogP contribution in [0.4, 0.5) is 5.13 Å². The van der Waals surface area contributed by atoms with E-state index in [1.807, 2.05) is 6.92 Å². The van der Waals surface area contributed by atoms with E-state index in [2.05, 4.69) is 52.7 Å². The predicted molar refractivity (Wildman–Crippen MR) is 103 cm³/mol. The zero-order valence-electron chi connectivity index (χ0n) is 13.8. The molecule has 122 valence electrons. The molecule has 1 N–H and O–H groups in total. The summed E-state index contributed by atoms with van der Waals surface area (Å²) in [6.45, 7) is 3.94. The third-order valence-corrected chi connectivity index (χ3v) is 5.82. The first-order valence-electron chi connectivity index (χ1n) is 8.45. The van der Waals surface area contributed by atoms with E-state index in [4.69, 9.17) is 10.4 Å². The third kappa shape index (κ3) is 2.94. The van der Waals surface area contributed by atoms with Gasteiger partial charge in [-0.05, 0) is 42.5 Å². The van der Waals surface area contributed by atoms with Gasteiger partial charge in [-0.15, -0.1) is 11.3 Å². The Morgan fingerprint density at radius 1 is 1.12 bits per heavy atom. The third-order valence-electron chi connectivity index (χ3n) is 4.92. The zero-order valence-corrected chi connectivity index (χ0v) is 14.6. The van der Waals surface area contributed by atoms with Crippen molar-refractivity contribution in [1.82, 2.24) is 4.98 Å². The highest BCUT2D eigenvalue weighted by Gasteiger charge is 2.22. The van der Waals surface area contributed by atoms with Crippen LogP contribution in [0.15, 0.2) is 47.8 Å². The van der Waals surface area contributed by atoms with E-state index in [1.165, 1.54) is 16.3 Å². The number of anilines is 1. The van der Waals surface area contributed by atoms with Crippen molar-refractivity contribution in [2.24, 2.45) is 5.92 Å². The first-order chi connectivity index (χ1) is 11.7. The van der Waals surface area contributed by atoms with Crippen LogP contribution in [0, 0.1) is 11.3 Å². The molecule has 4 heteroatoms. The first kappa shape index (κ1) is 15.3. The fourth-order valence-corrected chi connectivity index (χ4v) is 4.28. The largest absolute Gasteiger partial charge is 0.348 e. The van der Waals surface area contributed by atoms with E-state index in [0.717, 1.165) is 42.5 Å². The minimum Gasteiger partial charge on any atom is -0.348 e. The maximum Gasteiger partial charge on any atom is 0.185 e. The summed E-state index contributed by atoms with van der Waals surface area (Å²) in [6.07, 6.45) is 2.14. The Labute approximate surface area is 146 Å². The van der Waals surface area contributed by atoms with Crippen molar-refractivity contribution in [2.45, 2.75) is 19.8 Å². The van der Waals surface area contributed by atoms with Crippen LogP contribution in [0.1, 0.15) is 19.8 Å². The quantitative estimate of drug-likeness (QED) is 0.667. The average molecular weight is 335 g/mol. The molecular weight excluding hydrogens is 314 g/mol. The molecule has 3 aromatic rings. The monoisotopic (exact) mass is 335 g/mol. The van der Waals surface area contributed by atoms with Gasteiger partial charge in [-0.1, -0.05) is 36.4 Å². The van der Waals surface area contributed by atoms with Crippen LogP contribution < -0.4 is 4.90 Å². The molecule has 0 atom stereocenters. The molecule has 0 spiro atoms. The fourth-order valence-electron chi connectivity index (χ4n) is 3.39. The molecule has 0 bridgehead atoms. The second-order valence-corrected chi connectivity index (χ2v) is 7.36. The molecule has 0 unspecified atom stereocenters. The minimum absolute atomic E-state index is 0.459. The molecule has 0 radical (unpaired) electrons. The lowest BCUT2D eigenvalue weighted by Gasteiger charge is -2.31. The Hall–Kier alpha value is -2.20. The standard InChI is InChI=1S/C20H21N3S/c1-14(21)15-8-10-23(11-9-15)20-22-19(13-24-20)18-7-6-16-4-2-3-5-17(16)12-18/h2-7,12-13,15,21H,8-11H2,1H3. The van der Waals surface area contributed by atoms with Crippen LogP contribution in [0.5, 0.6) is 0 Å². The Balaban J connectivity index is 1.55. The van der Waals surface area contributed by atoms with Gasteiger partial charge in [-0.2, -0.15) is 0 Å². The molecule has 1 aliphatic rings. The van der Waals surface area contributed by atoms with Gasteiger partial charge in [-0.3, -0.25) is 0 Å². The minimum atomic E-state index is 0.459. The molecule has 1 aliphatic heterocycles. The molecule has 24 heavy (non-hydrogen) atoms. The Morgan fingerprint density at radius 2 is 1.88 bits per heavy atom. The van der Waals surface area contributed by atoms with Gasteiger partial charge in [0.1, 0.15) is 0 Å². The summed E-state index contributed by atoms with van der Waals surface area (Å²) < 4.78 is 0. The van der Waals surface area contributed by atoms with Crippen molar-refractivity contribution < 1.29 is 0 Å². The van der Waals surface area contributed by atoms with Gasteiger partial charge in [-0.25, -0.2) is 4.98 Å². The molecule has 1 fully saturated rings. The molecule has 0 saturated carbocycles. The van der Waals surface area contributed by atoms with Crippen LogP contribution in [0.25, 0.3) is 22.0 Å². The average Bonchev–Trinajstić information content (AvgIpc) is 3.11. The van der Waals surface area contributed by atoms with E-state index < -0.39 is 0 Å². The molecule has 2 aromatic carbocycles. The highest BCUT2D eigenvalue weighted by Crippen LogP contribution is 2.31. The van der Waals surface area contributed by atoms with Gasteiger partial charge in [0, 0.05) is 29.7 Å². The number of hydrogen-bond donors (Lipinski definition) is 1. The van der Waals surface area contributed by atoms with Gasteiger partial charge in [0.15, 0.2) is 5.13 Å². The van der Waals surface area contributed by atoms with Gasteiger partial charge in [0.05, 0.1) is 5.69 Å². The number of thiazole rings is 1. The maximum atomic E-state index is 7.81. The van der Waals surface area contributed by atoms with Gasteiger partial charge >= 0.3 is 0 Å². The van der Waals surface area contributed by atoms with Crippen molar-refractivity contribution in [3.63, 3.8) is 0 Å². The lowest BCUT2D eigenvalue weighted by atomic mass is 9.93. The summed E-state index contributed by atoms with van der Waals surface area (Å²) in [5.74, 6) is 0.459. The lowest BCUT2D eigenvalue weighted by Crippen LogP contribution is -2.35. The zero-order chi connectivity index (χ0) is 16.5. The molecule has 1 aromatic heterocycles. The van der Waals surface area contributed by atoms with E-state index in [1.54, 1.807) is 11.3 Å². The Morgan fingerprint density at radius 3 is 2.62 bits per heavy atom. The van der Waals surface area contributed by atoms with Crippen LogP contribution in [0.3, 0.4) is 0 Å². The van der Waals surface area contributed by atoms with Crippen molar-refractivity contribution >= 4 is 33.0 Å². The van der Waals surface area contributed by atoms with Gasteiger partial charge in [0.2, 0.25) is 0 Å². The highest BCUT2D eigenvalue weighted by atomic mass is 32.1. The molecule has 0 amide bonds. The first-order valence-corrected chi connectivity index (χ1v) is 9.33. The van der Waals surface area contributed by atoms with E-state index >= 15 is 0 Å². The molecule has 3 nitrogen and oxygen atoms in total. The van der Waals surface area contributed by atoms with Crippen LogP contribution in [0.2, 0.25) is 0 Å². The Kier molecular flexibility index (Phi) is 4.07. The van der Waals surface area contributed by atoms with Gasteiger partial charge in [0.25, 0.3) is 0 Å². The Bertz CT molecular complexity index is 875. The fraction of sp³-hybridized carbons (Fsp3) is 0.300. The molecular formula is C20H21N3S. The number of benzene rings is 2. The van der Waals surface area contributed by atoms with E-state index in [-0.39, 0.29) is 0 Å². The highest BCUT2D eigenvalue weighted by molar-refractivity contribution is 7.14. The number of piperidine rings is 1. The summed E-state index contributed by atoms with van der Waals surface area (Å²) in [7, 11) is 0. The summed E-state index contributed by atoms with van der Waals surface area (Å²) in [5.41, 5.74) is 3.07. The summed E-state index contributed by atoms with van der Waals surface area (Å²) in [6, 6.07) is 15.0. The second-order valence-electron chi connectivity index (χ2n) is 6.52. The SMILES string of the molecule is CC(=N)C1CCN(c2nc(-c3ccc4ccccc4c3)cs2)CC1. The smallest absolute Gasteiger partial charge is 0.185 e. The lowest BCUT2D eigenvalue weighted by molar-refractivity contribution is 0.499. The number of hydrogen-bond acceptors (Lipinski definition) is 4. The number of fused-ring (bicyclic) bond motifs is 1. The normalized spacial score (nSPS) is 15.8. The topological polar surface area (TPSA) is 40.0 Å². The summed E-state index contributed by atoms with van der Waals surface area (Å²) in [4.78, 5) is 7.24.